The summed E-state index contributed by atoms with van der Waals surface area (Å²) < 4.78 is 1.49. The maximum Gasteiger partial charge on any atom is 0.270 e. The van der Waals surface area contributed by atoms with Crippen molar-refractivity contribution >= 4 is 17.5 Å². The number of fused-ring (bicyclic) bond motifs is 1. The summed E-state index contributed by atoms with van der Waals surface area (Å²) >= 11 is 0. The van der Waals surface area contributed by atoms with Crippen LogP contribution in [0.25, 0.3) is 22.3 Å². The Kier molecular flexibility index (Phi) is 7.84. The zero-order chi connectivity index (χ0) is 31.9. The van der Waals surface area contributed by atoms with Crippen LogP contribution in [-0.2, 0) is 23.9 Å². The molecular formula is C35H37N7O3. The van der Waals surface area contributed by atoms with Gasteiger partial charge in [0.05, 0.1) is 11.4 Å². The standard InChI is InChI=1S/C35H37N7O3/c1-20-31(21(2)41-40-20)23-8-11-26(12-9-23)38-34(44)32(39-33(43)29-15-17-37-42(29)5)27-13-10-22-6-7-24(18-28(22)27)25-14-16-36-30(19-25)35(3,4)45/h6-9,11-12,14-19,27,32,45H,10,13H2,1-5H3,(H,38,44)(H,39,43)(H,40,41)/t27-,32+/m1/s1. The quantitative estimate of drug-likeness (QED) is 0.193. The van der Waals surface area contributed by atoms with Gasteiger partial charge >= 0.3 is 0 Å². The molecule has 5 aromatic rings. The van der Waals surface area contributed by atoms with E-state index < -0.39 is 11.6 Å². The van der Waals surface area contributed by atoms with Gasteiger partial charge in [-0.25, -0.2) is 0 Å². The van der Waals surface area contributed by atoms with Crippen LogP contribution in [0, 0.1) is 13.8 Å². The fourth-order valence-electron chi connectivity index (χ4n) is 6.18. The zero-order valence-electron chi connectivity index (χ0n) is 26.0. The highest BCUT2D eigenvalue weighted by molar-refractivity contribution is 6.01. The minimum Gasteiger partial charge on any atom is -0.384 e. The van der Waals surface area contributed by atoms with Crippen molar-refractivity contribution in [2.45, 2.75) is 58.1 Å². The van der Waals surface area contributed by atoms with Crippen LogP contribution < -0.4 is 10.6 Å². The van der Waals surface area contributed by atoms with Crippen LogP contribution in [0.15, 0.2) is 73.1 Å². The predicted molar refractivity (Wildman–Crippen MR) is 173 cm³/mol. The van der Waals surface area contributed by atoms with Crippen LogP contribution in [-0.4, -0.2) is 47.9 Å². The van der Waals surface area contributed by atoms with E-state index in [0.29, 0.717) is 23.5 Å². The van der Waals surface area contributed by atoms with Crippen LogP contribution in [0.3, 0.4) is 0 Å². The number of nitrogens with zero attached hydrogens (tertiary/aromatic N) is 4. The topological polar surface area (TPSA) is 138 Å². The number of anilines is 1. The number of carbonyl (C=O) groups is 2. The van der Waals surface area contributed by atoms with Gasteiger partial charge in [-0.05, 0) is 98.7 Å². The maximum absolute atomic E-state index is 14.0. The van der Waals surface area contributed by atoms with E-state index in [-0.39, 0.29) is 17.7 Å². The molecule has 1 aliphatic carbocycles. The number of hydrogen-bond donors (Lipinski definition) is 4. The Balaban J connectivity index is 1.31. The van der Waals surface area contributed by atoms with Crippen molar-refractivity contribution in [1.29, 1.82) is 0 Å². The second-order valence-corrected chi connectivity index (χ2v) is 12.2. The fourth-order valence-corrected chi connectivity index (χ4v) is 6.18. The van der Waals surface area contributed by atoms with E-state index in [1.54, 1.807) is 39.4 Å². The molecule has 230 valence electrons. The zero-order valence-corrected chi connectivity index (χ0v) is 26.0. The smallest absolute Gasteiger partial charge is 0.270 e. The molecule has 10 heteroatoms. The van der Waals surface area contributed by atoms with Crippen LogP contribution in [0.5, 0.6) is 0 Å². The summed E-state index contributed by atoms with van der Waals surface area (Å²) in [6.45, 7) is 7.35. The Morgan fingerprint density at radius 1 is 1.00 bits per heavy atom. The summed E-state index contributed by atoms with van der Waals surface area (Å²) in [6, 6.07) is 18.5. The lowest BCUT2D eigenvalue weighted by atomic mass is 9.89. The van der Waals surface area contributed by atoms with Crippen molar-refractivity contribution in [2.24, 2.45) is 7.05 Å². The molecule has 0 fully saturated rings. The first kappa shape index (κ1) is 30.0. The summed E-state index contributed by atoms with van der Waals surface area (Å²) in [6.07, 6.45) is 4.74. The SMILES string of the molecule is Cc1n[nH]c(C)c1-c1ccc(NC(=O)[C@@H](NC(=O)c2ccnn2C)[C@@H]2CCc3ccc(-c4ccnc(C(C)(C)O)c4)cc32)cc1. The normalized spacial score (nSPS) is 15.0. The van der Waals surface area contributed by atoms with Crippen molar-refractivity contribution in [2.75, 3.05) is 5.32 Å². The van der Waals surface area contributed by atoms with E-state index >= 15 is 0 Å². The maximum atomic E-state index is 14.0. The Bertz CT molecular complexity index is 1860. The van der Waals surface area contributed by atoms with Gasteiger partial charge in [-0.15, -0.1) is 0 Å². The lowest BCUT2D eigenvalue weighted by Crippen LogP contribution is -2.47. The summed E-state index contributed by atoms with van der Waals surface area (Å²) in [5.41, 5.74) is 8.43. The Morgan fingerprint density at radius 3 is 2.40 bits per heavy atom. The van der Waals surface area contributed by atoms with Gasteiger partial charge in [0.15, 0.2) is 0 Å². The number of aromatic nitrogens is 5. The number of aromatic amines is 1. The minimum atomic E-state index is -1.08. The minimum absolute atomic E-state index is 0.261. The van der Waals surface area contributed by atoms with Crippen LogP contribution in [0.4, 0.5) is 5.69 Å². The van der Waals surface area contributed by atoms with Gasteiger partial charge in [0.2, 0.25) is 5.91 Å². The number of hydrogen-bond acceptors (Lipinski definition) is 6. The molecule has 2 atom stereocenters. The Labute approximate surface area is 261 Å². The Hall–Kier alpha value is -5.09. The molecular weight excluding hydrogens is 566 g/mol. The number of pyridine rings is 1. The average molecular weight is 604 g/mol. The summed E-state index contributed by atoms with van der Waals surface area (Å²) in [5.74, 6) is -0.932. The first-order valence-electron chi connectivity index (χ1n) is 15.0. The number of H-pyrrole nitrogens is 1. The molecule has 1 aliphatic rings. The van der Waals surface area contributed by atoms with E-state index in [9.17, 15) is 14.7 Å². The second-order valence-electron chi connectivity index (χ2n) is 12.2. The van der Waals surface area contributed by atoms with Gasteiger partial charge in [0.1, 0.15) is 17.3 Å². The first-order valence-corrected chi connectivity index (χ1v) is 15.0. The van der Waals surface area contributed by atoms with Gasteiger partial charge in [0, 0.05) is 42.3 Å². The van der Waals surface area contributed by atoms with Crippen molar-refractivity contribution < 1.29 is 14.7 Å². The van der Waals surface area contributed by atoms with Gasteiger partial charge in [-0.3, -0.25) is 24.4 Å². The van der Waals surface area contributed by atoms with Crippen LogP contribution >= 0.6 is 0 Å². The molecule has 6 rings (SSSR count). The Morgan fingerprint density at radius 2 is 1.73 bits per heavy atom. The van der Waals surface area contributed by atoms with Gasteiger partial charge in [-0.1, -0.05) is 30.3 Å². The van der Waals surface area contributed by atoms with E-state index in [1.807, 2.05) is 50.2 Å². The van der Waals surface area contributed by atoms with Gasteiger partial charge in [0.25, 0.3) is 5.91 Å². The van der Waals surface area contributed by atoms with Crippen molar-refractivity contribution in [3.63, 3.8) is 0 Å². The average Bonchev–Trinajstić information content (AvgIpc) is 3.73. The molecule has 3 aromatic heterocycles. The molecule has 4 N–H and O–H groups in total. The van der Waals surface area contributed by atoms with Gasteiger partial charge < -0.3 is 15.7 Å². The summed E-state index contributed by atoms with van der Waals surface area (Å²) in [4.78, 5) is 31.8. The summed E-state index contributed by atoms with van der Waals surface area (Å²) in [7, 11) is 1.70. The molecule has 0 unspecified atom stereocenters. The lowest BCUT2D eigenvalue weighted by Gasteiger charge is -2.25. The highest BCUT2D eigenvalue weighted by Gasteiger charge is 2.36. The van der Waals surface area contributed by atoms with E-state index in [0.717, 1.165) is 51.2 Å². The monoisotopic (exact) mass is 603 g/mol. The number of amides is 2. The first-order chi connectivity index (χ1) is 21.5. The predicted octanol–water partition coefficient (Wildman–Crippen LogP) is 5.18. The molecule has 45 heavy (non-hydrogen) atoms. The molecule has 0 radical (unpaired) electrons. The molecule has 0 saturated carbocycles. The number of benzene rings is 2. The molecule has 0 aliphatic heterocycles. The highest BCUT2D eigenvalue weighted by atomic mass is 16.3. The van der Waals surface area contributed by atoms with Crippen molar-refractivity contribution in [3.05, 3.63) is 107 Å². The molecule has 0 spiro atoms. The number of rotatable bonds is 8. The van der Waals surface area contributed by atoms with Crippen LogP contribution in [0.2, 0.25) is 0 Å². The van der Waals surface area contributed by atoms with E-state index in [1.165, 1.54) is 4.68 Å². The van der Waals surface area contributed by atoms with Crippen molar-refractivity contribution in [3.8, 4) is 22.3 Å². The van der Waals surface area contributed by atoms with Crippen LogP contribution in [0.1, 0.15) is 64.9 Å². The molecule has 0 bridgehead atoms. The molecule has 10 nitrogen and oxygen atoms in total. The fraction of sp³-hybridized carbons (Fsp3) is 0.286. The highest BCUT2D eigenvalue weighted by Crippen LogP contribution is 2.39. The lowest BCUT2D eigenvalue weighted by molar-refractivity contribution is -0.118. The molecule has 2 amide bonds. The molecule has 3 heterocycles. The summed E-state index contributed by atoms with van der Waals surface area (Å²) in [5, 5.41) is 28.0. The third-order valence-electron chi connectivity index (χ3n) is 8.58. The second kappa shape index (κ2) is 11.8. The van der Waals surface area contributed by atoms with E-state index in [2.05, 4.69) is 49.1 Å². The number of carbonyl (C=O) groups excluding carboxylic acids is 2. The third kappa shape index (κ3) is 6.01. The molecule has 2 aromatic carbocycles. The van der Waals surface area contributed by atoms with Crippen molar-refractivity contribution in [1.82, 2.24) is 30.3 Å². The molecule has 0 saturated heterocycles. The largest absolute Gasteiger partial charge is 0.384 e. The number of aliphatic hydroxyl groups is 1. The van der Waals surface area contributed by atoms with Gasteiger partial charge in [-0.2, -0.15) is 10.2 Å². The number of nitrogens with one attached hydrogen (secondary N) is 3. The van der Waals surface area contributed by atoms with E-state index in [4.69, 9.17) is 0 Å². The number of aryl methyl sites for hydroxylation is 4. The third-order valence-corrected chi connectivity index (χ3v) is 8.58.